The van der Waals surface area contributed by atoms with E-state index in [9.17, 15) is 0 Å². The summed E-state index contributed by atoms with van der Waals surface area (Å²) in [7, 11) is 1.59. The highest BCUT2D eigenvalue weighted by atomic mass is 16.6. The Bertz CT molecular complexity index is 472. The summed E-state index contributed by atoms with van der Waals surface area (Å²) >= 11 is 0. The van der Waals surface area contributed by atoms with Gasteiger partial charge in [-0.2, -0.15) is 0 Å². The van der Waals surface area contributed by atoms with Crippen LogP contribution in [0.4, 0.5) is 0 Å². The van der Waals surface area contributed by atoms with E-state index in [-0.39, 0.29) is 0 Å². The van der Waals surface area contributed by atoms with Crippen molar-refractivity contribution in [2.24, 2.45) is 11.1 Å². The van der Waals surface area contributed by atoms with E-state index in [0.717, 1.165) is 43.7 Å². The maximum atomic E-state index is 5.86. The van der Waals surface area contributed by atoms with Gasteiger partial charge in [-0.1, -0.05) is 55.4 Å². The first-order valence-corrected chi connectivity index (χ1v) is 8.74. The van der Waals surface area contributed by atoms with Gasteiger partial charge in [-0.15, -0.1) is 6.58 Å². The highest BCUT2D eigenvalue weighted by Crippen LogP contribution is 2.16. The Labute approximate surface area is 146 Å². The lowest BCUT2D eigenvalue weighted by molar-refractivity contribution is 0.0994. The van der Waals surface area contributed by atoms with Crippen molar-refractivity contribution < 1.29 is 9.57 Å². The third-order valence-corrected chi connectivity index (χ3v) is 3.66. The number of benzene rings is 1. The van der Waals surface area contributed by atoms with Crippen LogP contribution in [0, 0.1) is 5.92 Å². The predicted molar refractivity (Wildman–Crippen MR) is 101 cm³/mol. The first kappa shape index (κ1) is 20.4. The molecule has 1 N–H and O–H groups in total. The fourth-order valence-corrected chi connectivity index (χ4v) is 2.48. The van der Waals surface area contributed by atoms with Crippen LogP contribution < -0.4 is 5.32 Å². The lowest BCUT2D eigenvalue weighted by Gasteiger charge is -2.17. The molecule has 0 aliphatic rings. The quantitative estimate of drug-likeness (QED) is 0.257. The molecule has 1 aromatic carbocycles. The van der Waals surface area contributed by atoms with Gasteiger partial charge in [-0.05, 0) is 37.3 Å². The molecule has 0 saturated carbocycles. The Morgan fingerprint density at radius 2 is 2.04 bits per heavy atom. The van der Waals surface area contributed by atoms with E-state index >= 15 is 0 Å². The van der Waals surface area contributed by atoms with Gasteiger partial charge in [0.1, 0.15) is 7.11 Å². The Balaban J connectivity index is 2.48. The molecule has 0 saturated heterocycles. The largest absolute Gasteiger partial charge is 0.399 e. The molecule has 1 unspecified atom stereocenters. The number of oxime groups is 1. The lowest BCUT2D eigenvalue weighted by Crippen LogP contribution is -2.25. The zero-order valence-corrected chi connectivity index (χ0v) is 15.3. The van der Waals surface area contributed by atoms with Gasteiger partial charge in [0, 0.05) is 12.6 Å². The molecule has 0 spiro atoms. The molecule has 0 aromatic heterocycles. The van der Waals surface area contributed by atoms with E-state index < -0.39 is 0 Å². The van der Waals surface area contributed by atoms with E-state index in [2.05, 4.69) is 43.0 Å². The van der Waals surface area contributed by atoms with Crippen LogP contribution in [0.2, 0.25) is 0 Å². The number of allylic oxidation sites excluding steroid dienone is 1. The van der Waals surface area contributed by atoms with E-state index in [4.69, 9.17) is 9.57 Å². The molecule has 0 aliphatic heterocycles. The number of hydrogen-bond donors (Lipinski definition) is 1. The molecule has 0 heterocycles. The van der Waals surface area contributed by atoms with Crippen LogP contribution in [0.5, 0.6) is 0 Å². The molecule has 1 atom stereocenters. The predicted octanol–water partition coefficient (Wildman–Crippen LogP) is 4.02. The molecule has 0 amide bonds. The fourth-order valence-electron chi connectivity index (χ4n) is 2.48. The summed E-state index contributed by atoms with van der Waals surface area (Å²) in [6.45, 7) is 10.6. The summed E-state index contributed by atoms with van der Waals surface area (Å²) in [5.74, 6) is 0.356. The van der Waals surface area contributed by atoms with Crippen LogP contribution in [0.1, 0.15) is 38.7 Å². The normalized spacial score (nSPS) is 13.1. The standard InChI is InChI=1S/C20H32N2O2/c1-5-10-18(16-24-14-9-13-21-17(2)3)15-20(22-23-4)19-11-7-6-8-12-19/h5-8,11-12,17-18,21H,1,9-10,13-16H2,2-4H3. The van der Waals surface area contributed by atoms with Crippen molar-refractivity contribution >= 4 is 5.71 Å². The third kappa shape index (κ3) is 8.85. The average molecular weight is 332 g/mol. The first-order valence-electron chi connectivity index (χ1n) is 8.74. The van der Waals surface area contributed by atoms with Crippen LogP contribution in [-0.2, 0) is 9.57 Å². The molecule has 134 valence electrons. The van der Waals surface area contributed by atoms with Crippen molar-refractivity contribution in [3.05, 3.63) is 48.6 Å². The van der Waals surface area contributed by atoms with Crippen molar-refractivity contribution in [2.75, 3.05) is 26.9 Å². The number of ether oxygens (including phenoxy) is 1. The van der Waals surface area contributed by atoms with Crippen LogP contribution in [-0.4, -0.2) is 38.6 Å². The number of nitrogens with one attached hydrogen (secondary N) is 1. The van der Waals surface area contributed by atoms with Crippen LogP contribution in [0.15, 0.2) is 48.1 Å². The van der Waals surface area contributed by atoms with Gasteiger partial charge >= 0.3 is 0 Å². The monoisotopic (exact) mass is 332 g/mol. The van der Waals surface area contributed by atoms with Crippen LogP contribution >= 0.6 is 0 Å². The molecular formula is C20H32N2O2. The van der Waals surface area contributed by atoms with E-state index in [1.807, 2.05) is 24.3 Å². The molecule has 0 bridgehead atoms. The molecule has 0 fully saturated rings. The summed E-state index contributed by atoms with van der Waals surface area (Å²) in [6, 6.07) is 10.7. The van der Waals surface area contributed by atoms with E-state index in [1.54, 1.807) is 7.11 Å². The molecule has 4 nitrogen and oxygen atoms in total. The lowest BCUT2D eigenvalue weighted by atomic mass is 9.95. The Morgan fingerprint density at radius 3 is 2.67 bits per heavy atom. The average Bonchev–Trinajstić information content (AvgIpc) is 2.58. The fraction of sp³-hybridized carbons (Fsp3) is 0.550. The third-order valence-electron chi connectivity index (χ3n) is 3.66. The SMILES string of the molecule is C=CCC(COCCCNC(C)C)CC(=NOC)c1ccccc1. The second kappa shape index (κ2) is 12.7. The summed E-state index contributed by atoms with van der Waals surface area (Å²) in [5, 5.41) is 7.61. The highest BCUT2D eigenvalue weighted by Gasteiger charge is 2.14. The van der Waals surface area contributed by atoms with Crippen molar-refractivity contribution in [3.8, 4) is 0 Å². The zero-order valence-electron chi connectivity index (χ0n) is 15.3. The van der Waals surface area contributed by atoms with Crippen LogP contribution in [0.3, 0.4) is 0 Å². The van der Waals surface area contributed by atoms with Gasteiger partial charge in [0.25, 0.3) is 0 Å². The summed E-state index contributed by atoms with van der Waals surface area (Å²) in [5.41, 5.74) is 2.05. The van der Waals surface area contributed by atoms with Gasteiger partial charge < -0.3 is 14.9 Å². The van der Waals surface area contributed by atoms with Gasteiger partial charge in [0.05, 0.1) is 12.3 Å². The minimum absolute atomic E-state index is 0.356. The van der Waals surface area contributed by atoms with Crippen molar-refractivity contribution in [2.45, 2.75) is 39.2 Å². The molecule has 0 aliphatic carbocycles. The van der Waals surface area contributed by atoms with Gasteiger partial charge in [-0.25, -0.2) is 0 Å². The maximum absolute atomic E-state index is 5.86. The molecular weight excluding hydrogens is 300 g/mol. The summed E-state index contributed by atoms with van der Waals surface area (Å²) < 4.78 is 5.86. The first-order chi connectivity index (χ1) is 11.7. The number of nitrogens with zero attached hydrogens (tertiary/aromatic N) is 1. The minimum atomic E-state index is 0.356. The molecule has 1 rings (SSSR count). The Morgan fingerprint density at radius 1 is 1.29 bits per heavy atom. The molecule has 4 heteroatoms. The van der Waals surface area contributed by atoms with Crippen molar-refractivity contribution in [1.29, 1.82) is 0 Å². The molecule has 1 aromatic rings. The van der Waals surface area contributed by atoms with Crippen LogP contribution in [0.25, 0.3) is 0 Å². The molecule has 0 radical (unpaired) electrons. The molecule has 24 heavy (non-hydrogen) atoms. The van der Waals surface area contributed by atoms with Crippen molar-refractivity contribution in [1.82, 2.24) is 5.32 Å². The van der Waals surface area contributed by atoms with Crippen molar-refractivity contribution in [3.63, 3.8) is 0 Å². The smallest absolute Gasteiger partial charge is 0.106 e. The second-order valence-electron chi connectivity index (χ2n) is 6.22. The second-order valence-corrected chi connectivity index (χ2v) is 6.22. The number of rotatable bonds is 13. The van der Waals surface area contributed by atoms with Gasteiger partial charge in [0.15, 0.2) is 0 Å². The Kier molecular flexibility index (Phi) is 10.8. The van der Waals surface area contributed by atoms with Gasteiger partial charge in [-0.3, -0.25) is 0 Å². The topological polar surface area (TPSA) is 42.8 Å². The van der Waals surface area contributed by atoms with Gasteiger partial charge in [0.2, 0.25) is 0 Å². The zero-order chi connectivity index (χ0) is 17.6. The highest BCUT2D eigenvalue weighted by molar-refractivity contribution is 6.00. The maximum Gasteiger partial charge on any atom is 0.106 e. The minimum Gasteiger partial charge on any atom is -0.399 e. The number of hydrogen-bond acceptors (Lipinski definition) is 4. The summed E-state index contributed by atoms with van der Waals surface area (Å²) in [4.78, 5) is 5.03. The van der Waals surface area contributed by atoms with E-state index in [1.165, 1.54) is 0 Å². The van der Waals surface area contributed by atoms with E-state index in [0.29, 0.717) is 18.6 Å². The Hall–Kier alpha value is -1.65. The summed E-state index contributed by atoms with van der Waals surface area (Å²) in [6.07, 6.45) is 4.69.